The van der Waals surface area contributed by atoms with Crippen LogP contribution in [0.5, 0.6) is 0 Å². The molecule has 3 rings (SSSR count). The fraction of sp³-hybridized carbons (Fsp3) is 0.235. The van der Waals surface area contributed by atoms with Gasteiger partial charge in [-0.3, -0.25) is 0 Å². The van der Waals surface area contributed by atoms with E-state index in [1.54, 1.807) is 6.20 Å². The van der Waals surface area contributed by atoms with Crippen molar-refractivity contribution in [1.82, 2.24) is 14.6 Å². The van der Waals surface area contributed by atoms with Gasteiger partial charge in [0, 0.05) is 11.8 Å². The summed E-state index contributed by atoms with van der Waals surface area (Å²) < 4.78 is 1.43. The molecule has 0 radical (unpaired) electrons. The first kappa shape index (κ1) is 14.3. The van der Waals surface area contributed by atoms with Crippen LogP contribution < -0.4 is 0 Å². The lowest BCUT2D eigenvalue weighted by molar-refractivity contribution is 0.0686. The third-order valence-electron chi connectivity index (χ3n) is 3.80. The van der Waals surface area contributed by atoms with Gasteiger partial charge in [0.15, 0.2) is 11.3 Å². The molecule has 0 amide bonds. The van der Waals surface area contributed by atoms with Gasteiger partial charge >= 0.3 is 5.97 Å². The zero-order valence-corrected chi connectivity index (χ0v) is 12.8. The topological polar surface area (TPSA) is 67.5 Å². The third-order valence-corrected chi connectivity index (χ3v) is 3.80. The van der Waals surface area contributed by atoms with E-state index in [1.165, 1.54) is 10.1 Å². The molecule has 0 unspecified atom stereocenters. The molecule has 3 aromatic rings. The number of nitrogens with zero attached hydrogens (tertiary/aromatic N) is 3. The fourth-order valence-electron chi connectivity index (χ4n) is 2.78. The number of benzene rings is 1. The van der Waals surface area contributed by atoms with Crippen LogP contribution in [-0.4, -0.2) is 25.7 Å². The second kappa shape index (κ2) is 5.26. The number of rotatable bonds is 3. The van der Waals surface area contributed by atoms with Crippen molar-refractivity contribution in [2.24, 2.45) is 0 Å². The number of aryl methyl sites for hydroxylation is 3. The molecule has 2 aromatic heterocycles. The maximum absolute atomic E-state index is 11.5. The first-order chi connectivity index (χ1) is 10.5. The Hall–Kier alpha value is -2.69. The van der Waals surface area contributed by atoms with Gasteiger partial charge in [0.1, 0.15) is 0 Å². The lowest BCUT2D eigenvalue weighted by atomic mass is 10.00. The summed E-state index contributed by atoms with van der Waals surface area (Å²) in [6.45, 7) is 5.98. The molecule has 5 nitrogen and oxygen atoms in total. The van der Waals surface area contributed by atoms with Crippen molar-refractivity contribution in [3.05, 3.63) is 53.0 Å². The van der Waals surface area contributed by atoms with Crippen LogP contribution in [0.1, 0.15) is 34.2 Å². The Morgan fingerprint density at radius 2 is 2.00 bits per heavy atom. The molecule has 0 saturated heterocycles. The summed E-state index contributed by atoms with van der Waals surface area (Å²) in [5.74, 6) is -1.00. The molecule has 0 atom stereocenters. The first-order valence-corrected chi connectivity index (χ1v) is 7.20. The summed E-state index contributed by atoms with van der Waals surface area (Å²) in [6.07, 6.45) is 2.17. The SMILES string of the molecule is CCc1nc2c(-c3ccc(C)cc3C)ccnn2c1C(=O)O. The van der Waals surface area contributed by atoms with E-state index in [1.807, 2.05) is 39.0 Å². The van der Waals surface area contributed by atoms with Crippen molar-refractivity contribution in [2.45, 2.75) is 27.2 Å². The van der Waals surface area contributed by atoms with Crippen molar-refractivity contribution in [3.8, 4) is 11.1 Å². The fourth-order valence-corrected chi connectivity index (χ4v) is 2.78. The molecule has 0 fully saturated rings. The highest BCUT2D eigenvalue weighted by Crippen LogP contribution is 2.28. The van der Waals surface area contributed by atoms with E-state index in [9.17, 15) is 9.90 Å². The molecule has 0 aliphatic carbocycles. The van der Waals surface area contributed by atoms with Gasteiger partial charge < -0.3 is 5.11 Å². The largest absolute Gasteiger partial charge is 0.476 e. The summed E-state index contributed by atoms with van der Waals surface area (Å²) in [5, 5.41) is 13.6. The van der Waals surface area contributed by atoms with Crippen molar-refractivity contribution >= 4 is 11.6 Å². The predicted octanol–water partition coefficient (Wildman–Crippen LogP) is 3.27. The number of carboxylic acid groups (broad SMARTS) is 1. The van der Waals surface area contributed by atoms with Crippen molar-refractivity contribution in [3.63, 3.8) is 0 Å². The van der Waals surface area contributed by atoms with Crippen molar-refractivity contribution < 1.29 is 9.90 Å². The van der Waals surface area contributed by atoms with Gasteiger partial charge in [-0.15, -0.1) is 0 Å². The van der Waals surface area contributed by atoms with E-state index in [2.05, 4.69) is 16.1 Å². The molecule has 1 N–H and O–H groups in total. The summed E-state index contributed by atoms with van der Waals surface area (Å²) in [5.41, 5.74) is 5.54. The van der Waals surface area contributed by atoms with E-state index >= 15 is 0 Å². The lowest BCUT2D eigenvalue weighted by Crippen LogP contribution is -2.07. The zero-order chi connectivity index (χ0) is 15.9. The standard InChI is InChI=1S/C17H17N3O2/c1-4-14-15(17(21)22)20-16(19-14)13(7-8-18-20)12-6-5-10(2)9-11(12)3/h5-9H,4H2,1-3H3,(H,21,22). The Balaban J connectivity index is 2.34. The highest BCUT2D eigenvalue weighted by molar-refractivity contribution is 5.90. The van der Waals surface area contributed by atoms with Crippen molar-refractivity contribution in [2.75, 3.05) is 0 Å². The third kappa shape index (κ3) is 2.15. The highest BCUT2D eigenvalue weighted by Gasteiger charge is 2.20. The van der Waals surface area contributed by atoms with Crippen LogP contribution in [0, 0.1) is 13.8 Å². The van der Waals surface area contributed by atoms with Crippen molar-refractivity contribution in [1.29, 1.82) is 0 Å². The predicted molar refractivity (Wildman–Crippen MR) is 84.2 cm³/mol. The average Bonchev–Trinajstić information content (AvgIpc) is 2.86. The first-order valence-electron chi connectivity index (χ1n) is 7.20. The van der Waals surface area contributed by atoms with Gasteiger partial charge in [-0.05, 0) is 37.5 Å². The van der Waals surface area contributed by atoms with Gasteiger partial charge in [0.05, 0.1) is 5.69 Å². The summed E-state index contributed by atoms with van der Waals surface area (Å²) in [6, 6.07) is 8.07. The molecule has 2 heterocycles. The Morgan fingerprint density at radius 3 is 2.64 bits per heavy atom. The number of hydrogen-bond donors (Lipinski definition) is 1. The molecule has 0 aliphatic rings. The zero-order valence-electron chi connectivity index (χ0n) is 12.8. The van der Waals surface area contributed by atoms with E-state index < -0.39 is 5.97 Å². The average molecular weight is 295 g/mol. The van der Waals surface area contributed by atoms with Gasteiger partial charge in [-0.1, -0.05) is 30.7 Å². The maximum Gasteiger partial charge on any atom is 0.356 e. The molecule has 5 heteroatoms. The van der Waals surface area contributed by atoms with Gasteiger partial charge in [0.25, 0.3) is 0 Å². The Morgan fingerprint density at radius 1 is 1.23 bits per heavy atom. The number of fused-ring (bicyclic) bond motifs is 1. The minimum Gasteiger partial charge on any atom is -0.476 e. The monoisotopic (exact) mass is 295 g/mol. The second-order valence-corrected chi connectivity index (χ2v) is 5.36. The van der Waals surface area contributed by atoms with Crippen LogP contribution in [-0.2, 0) is 6.42 Å². The van der Waals surface area contributed by atoms with Crippen LogP contribution in [0.3, 0.4) is 0 Å². The normalized spacial score (nSPS) is 11.0. The highest BCUT2D eigenvalue weighted by atomic mass is 16.4. The molecule has 0 bridgehead atoms. The smallest absolute Gasteiger partial charge is 0.356 e. The molecular weight excluding hydrogens is 278 g/mol. The molecule has 112 valence electrons. The Labute approximate surface area is 128 Å². The number of carbonyl (C=O) groups is 1. The molecule has 0 aliphatic heterocycles. The van der Waals surface area contributed by atoms with E-state index in [0.717, 1.165) is 16.7 Å². The Kier molecular flexibility index (Phi) is 3.41. The van der Waals surface area contributed by atoms with Crippen LogP contribution in [0.15, 0.2) is 30.5 Å². The van der Waals surface area contributed by atoms with Gasteiger partial charge in [0.2, 0.25) is 0 Å². The lowest BCUT2D eigenvalue weighted by Gasteiger charge is -2.08. The minimum absolute atomic E-state index is 0.143. The molecule has 0 spiro atoms. The molecule has 1 aromatic carbocycles. The maximum atomic E-state index is 11.5. The number of carboxylic acids is 1. The van der Waals surface area contributed by atoms with Crippen LogP contribution in [0.25, 0.3) is 16.8 Å². The molecular formula is C17H17N3O2. The summed E-state index contributed by atoms with van der Waals surface area (Å²) in [4.78, 5) is 16.0. The number of imidazole rings is 1. The number of aromatic carboxylic acids is 1. The van der Waals surface area contributed by atoms with Crippen LogP contribution in [0.4, 0.5) is 0 Å². The quantitative estimate of drug-likeness (QED) is 0.805. The number of hydrogen-bond acceptors (Lipinski definition) is 3. The van der Waals surface area contributed by atoms with Gasteiger partial charge in [-0.25, -0.2) is 14.3 Å². The second-order valence-electron chi connectivity index (χ2n) is 5.36. The van der Waals surface area contributed by atoms with E-state index in [0.29, 0.717) is 17.8 Å². The van der Waals surface area contributed by atoms with Crippen LogP contribution in [0.2, 0.25) is 0 Å². The molecule has 22 heavy (non-hydrogen) atoms. The minimum atomic E-state index is -1.00. The number of aromatic nitrogens is 3. The van der Waals surface area contributed by atoms with Gasteiger partial charge in [-0.2, -0.15) is 5.10 Å². The summed E-state index contributed by atoms with van der Waals surface area (Å²) >= 11 is 0. The van der Waals surface area contributed by atoms with E-state index in [-0.39, 0.29) is 5.69 Å². The Bertz CT molecular complexity index is 881. The van der Waals surface area contributed by atoms with E-state index in [4.69, 9.17) is 0 Å². The van der Waals surface area contributed by atoms with Crippen LogP contribution >= 0.6 is 0 Å². The summed E-state index contributed by atoms with van der Waals surface area (Å²) in [7, 11) is 0. The molecule has 0 saturated carbocycles.